The number of carbonyl (C=O) groups is 2. The molecule has 2 aliphatic heterocycles. The van der Waals surface area contributed by atoms with Gasteiger partial charge in [0, 0.05) is 22.9 Å². The molecular formula is C25H23N3O5S2. The maximum Gasteiger partial charge on any atom is 0.280 e. The van der Waals surface area contributed by atoms with Gasteiger partial charge in [-0.3, -0.25) is 23.8 Å². The van der Waals surface area contributed by atoms with Crippen molar-refractivity contribution >= 4 is 39.3 Å². The number of imide groups is 1. The van der Waals surface area contributed by atoms with Crippen LogP contribution >= 0.6 is 11.8 Å². The van der Waals surface area contributed by atoms with Crippen molar-refractivity contribution < 1.29 is 22.7 Å². The Balaban J connectivity index is 1.53. The lowest BCUT2D eigenvalue weighted by atomic mass is 10.2. The lowest BCUT2D eigenvalue weighted by Gasteiger charge is -2.34. The van der Waals surface area contributed by atoms with Crippen LogP contribution in [0.3, 0.4) is 0 Å². The highest BCUT2D eigenvalue weighted by Gasteiger charge is 2.38. The maximum atomic E-state index is 14.0. The number of fused-ring (bicyclic) bond motifs is 2. The van der Waals surface area contributed by atoms with Gasteiger partial charge < -0.3 is 4.74 Å². The van der Waals surface area contributed by atoms with E-state index in [2.05, 4.69) is 4.98 Å². The fourth-order valence-electron chi connectivity index (χ4n) is 4.28. The van der Waals surface area contributed by atoms with E-state index in [1.165, 1.54) is 23.7 Å². The van der Waals surface area contributed by atoms with Crippen LogP contribution in [0.25, 0.3) is 0 Å². The highest BCUT2D eigenvalue weighted by molar-refractivity contribution is 8.00. The minimum absolute atomic E-state index is 0.0104. The van der Waals surface area contributed by atoms with E-state index in [0.717, 1.165) is 16.2 Å². The van der Waals surface area contributed by atoms with Gasteiger partial charge in [0.15, 0.2) is 0 Å². The molecule has 10 heteroatoms. The highest BCUT2D eigenvalue weighted by Crippen LogP contribution is 2.43. The average molecular weight is 510 g/mol. The number of sulfonamides is 1. The minimum Gasteiger partial charge on any atom is -0.495 e. The van der Waals surface area contributed by atoms with Gasteiger partial charge in [0.2, 0.25) is 0 Å². The summed E-state index contributed by atoms with van der Waals surface area (Å²) >= 11 is 1.68. The Morgan fingerprint density at radius 3 is 2.63 bits per heavy atom. The summed E-state index contributed by atoms with van der Waals surface area (Å²) in [6.45, 7) is 2.29. The third kappa shape index (κ3) is 3.96. The van der Waals surface area contributed by atoms with E-state index in [4.69, 9.17) is 4.74 Å². The first-order chi connectivity index (χ1) is 16.8. The molecule has 2 amide bonds. The number of amides is 2. The molecule has 0 N–H and O–H groups in total. The number of methoxy groups -OCH3 is 1. The fourth-order valence-corrected chi connectivity index (χ4v) is 7.38. The first-order valence-electron chi connectivity index (χ1n) is 11.1. The second-order valence-electron chi connectivity index (χ2n) is 8.23. The molecule has 0 unspecified atom stereocenters. The predicted octanol–water partition coefficient (Wildman–Crippen LogP) is 3.97. The molecule has 0 saturated carbocycles. The van der Waals surface area contributed by atoms with E-state index in [9.17, 15) is 18.0 Å². The van der Waals surface area contributed by atoms with E-state index >= 15 is 0 Å². The number of aromatic nitrogens is 1. The van der Waals surface area contributed by atoms with Crippen LogP contribution in [0.2, 0.25) is 0 Å². The van der Waals surface area contributed by atoms with Gasteiger partial charge in [-0.1, -0.05) is 25.1 Å². The largest absolute Gasteiger partial charge is 0.495 e. The van der Waals surface area contributed by atoms with Crippen LogP contribution in [-0.4, -0.2) is 49.0 Å². The molecular weight excluding hydrogens is 486 g/mol. The zero-order valence-electron chi connectivity index (χ0n) is 19.2. The number of hydrogen-bond acceptors (Lipinski definition) is 7. The van der Waals surface area contributed by atoms with Gasteiger partial charge in [0.1, 0.15) is 16.3 Å². The van der Waals surface area contributed by atoms with Gasteiger partial charge in [0.25, 0.3) is 21.8 Å². The molecule has 0 fully saturated rings. The highest BCUT2D eigenvalue weighted by atomic mass is 32.2. The summed E-state index contributed by atoms with van der Waals surface area (Å²) in [5.41, 5.74) is 1.46. The van der Waals surface area contributed by atoms with Crippen LogP contribution in [-0.2, 0) is 16.6 Å². The van der Waals surface area contributed by atoms with Crippen molar-refractivity contribution in [1.29, 1.82) is 0 Å². The van der Waals surface area contributed by atoms with Crippen molar-refractivity contribution in [1.82, 2.24) is 9.88 Å². The van der Waals surface area contributed by atoms with E-state index < -0.39 is 21.8 Å². The minimum atomic E-state index is -4.00. The van der Waals surface area contributed by atoms with Crippen LogP contribution in [0.15, 0.2) is 70.6 Å². The van der Waals surface area contributed by atoms with Gasteiger partial charge in [-0.15, -0.1) is 11.8 Å². The van der Waals surface area contributed by atoms with E-state index in [0.29, 0.717) is 17.8 Å². The van der Waals surface area contributed by atoms with Crippen LogP contribution in [0.5, 0.6) is 5.75 Å². The average Bonchev–Trinajstić information content (AvgIpc) is 3.12. The molecule has 1 aromatic heterocycles. The Labute approximate surface area is 208 Å². The third-order valence-corrected chi connectivity index (χ3v) is 9.34. The van der Waals surface area contributed by atoms with Crippen LogP contribution in [0.4, 0.5) is 5.69 Å². The molecule has 2 aromatic carbocycles. The SMILES string of the molecule is CC[C@@H]1CN(S(=O)(=O)c2cc(CN3C(=O)c4cccnc4C3=O)ccc2OC)c2ccccc2S1. The van der Waals surface area contributed by atoms with Gasteiger partial charge in [-0.05, 0) is 48.4 Å². The lowest BCUT2D eigenvalue weighted by molar-refractivity contribution is 0.0640. The number of pyridine rings is 1. The van der Waals surface area contributed by atoms with Crippen molar-refractivity contribution in [2.24, 2.45) is 0 Å². The summed E-state index contributed by atoms with van der Waals surface area (Å²) in [5, 5.41) is 0.111. The Morgan fingerprint density at radius 1 is 1.09 bits per heavy atom. The lowest BCUT2D eigenvalue weighted by Crippen LogP contribution is -2.39. The fraction of sp³-hybridized carbons (Fsp3) is 0.240. The van der Waals surface area contributed by atoms with Crippen LogP contribution < -0.4 is 9.04 Å². The van der Waals surface area contributed by atoms with Crippen molar-refractivity contribution in [3.05, 3.63) is 77.6 Å². The number of benzene rings is 2. The molecule has 0 saturated heterocycles. The molecule has 180 valence electrons. The van der Waals surface area contributed by atoms with Crippen molar-refractivity contribution in [3.63, 3.8) is 0 Å². The second-order valence-corrected chi connectivity index (χ2v) is 11.4. The number of nitrogens with zero attached hydrogens (tertiary/aromatic N) is 3. The Kier molecular flexibility index (Phi) is 6.02. The Hall–Kier alpha value is -3.37. The first kappa shape index (κ1) is 23.4. The molecule has 3 aromatic rings. The summed E-state index contributed by atoms with van der Waals surface area (Å²) in [6.07, 6.45) is 2.28. The monoisotopic (exact) mass is 509 g/mol. The summed E-state index contributed by atoms with van der Waals surface area (Å²) in [7, 11) is -2.59. The maximum absolute atomic E-state index is 14.0. The smallest absolute Gasteiger partial charge is 0.280 e. The first-order valence-corrected chi connectivity index (χ1v) is 13.4. The van der Waals surface area contributed by atoms with E-state index in [-0.39, 0.29) is 33.7 Å². The molecule has 3 heterocycles. The zero-order chi connectivity index (χ0) is 24.7. The van der Waals surface area contributed by atoms with Gasteiger partial charge in [-0.25, -0.2) is 8.42 Å². The Bertz CT molecular complexity index is 1410. The molecule has 1 atom stereocenters. The number of thioether (sulfide) groups is 1. The molecule has 0 radical (unpaired) electrons. The zero-order valence-corrected chi connectivity index (χ0v) is 20.8. The standard InChI is InChI=1S/C25H23N3O5S2/c1-3-17-15-28(19-8-4-5-9-21(19)34-17)35(31,32)22-13-16(10-11-20(22)33-2)14-27-24(29)18-7-6-12-26-23(18)25(27)30/h4-13,17H,3,14-15H2,1-2H3/t17-/m1/s1. The molecule has 0 aliphatic carbocycles. The molecule has 8 nitrogen and oxygen atoms in total. The molecule has 5 rings (SSSR count). The summed E-state index contributed by atoms with van der Waals surface area (Å²) in [4.78, 5) is 31.5. The van der Waals surface area contributed by atoms with Crippen molar-refractivity contribution in [3.8, 4) is 5.75 Å². The molecule has 2 aliphatic rings. The second kappa shape index (κ2) is 9.01. The van der Waals surface area contributed by atoms with Gasteiger partial charge >= 0.3 is 0 Å². The van der Waals surface area contributed by atoms with Crippen LogP contribution in [0, 0.1) is 0 Å². The molecule has 0 bridgehead atoms. The van der Waals surface area contributed by atoms with Gasteiger partial charge in [0.05, 0.1) is 24.9 Å². The number of ether oxygens (including phenoxy) is 1. The van der Waals surface area contributed by atoms with Crippen molar-refractivity contribution in [2.75, 3.05) is 18.0 Å². The van der Waals surface area contributed by atoms with E-state index in [1.807, 2.05) is 25.1 Å². The molecule has 0 spiro atoms. The normalized spacial score (nSPS) is 17.4. The number of carbonyl (C=O) groups excluding carboxylic acids is 2. The summed E-state index contributed by atoms with van der Waals surface area (Å²) in [5.74, 6) is -0.758. The quantitative estimate of drug-likeness (QED) is 0.464. The number of anilines is 1. The number of rotatable bonds is 6. The number of hydrogen-bond donors (Lipinski definition) is 0. The van der Waals surface area contributed by atoms with Gasteiger partial charge in [-0.2, -0.15) is 0 Å². The summed E-state index contributed by atoms with van der Waals surface area (Å²) in [6, 6.07) is 15.3. The van der Waals surface area contributed by atoms with Crippen molar-refractivity contribution in [2.45, 2.75) is 34.9 Å². The number of para-hydroxylation sites is 1. The molecule has 35 heavy (non-hydrogen) atoms. The third-order valence-electron chi connectivity index (χ3n) is 6.12. The van der Waals surface area contributed by atoms with E-state index in [1.54, 1.807) is 42.1 Å². The predicted molar refractivity (Wildman–Crippen MR) is 132 cm³/mol. The topological polar surface area (TPSA) is 96.9 Å². The van der Waals surface area contributed by atoms with Crippen LogP contribution in [0.1, 0.15) is 39.8 Å². The summed E-state index contributed by atoms with van der Waals surface area (Å²) < 4.78 is 34.8. The Morgan fingerprint density at radius 2 is 1.89 bits per heavy atom.